The quantitative estimate of drug-likeness (QED) is 0.679. The van der Waals surface area contributed by atoms with Gasteiger partial charge in [-0.3, -0.25) is 0 Å². The van der Waals surface area contributed by atoms with Crippen molar-refractivity contribution in [1.82, 2.24) is 0 Å². The zero-order valence-electron chi connectivity index (χ0n) is 7.17. The molecule has 0 N–H and O–H groups in total. The maximum atomic E-state index is 13.1. The average molecular weight is 168 g/mol. The summed E-state index contributed by atoms with van der Waals surface area (Å²) in [5.74, 6) is 0.292. The van der Waals surface area contributed by atoms with Crippen molar-refractivity contribution in [2.24, 2.45) is 0 Å². The Morgan fingerprint density at radius 3 is 2.83 bits per heavy atom. The fourth-order valence-electron chi connectivity index (χ4n) is 1.04. The highest BCUT2D eigenvalue weighted by Gasteiger charge is 2.03. The monoisotopic (exact) mass is 168 g/mol. The number of benzene rings is 1. The Labute approximate surface area is 71.4 Å². The Hall–Kier alpha value is -1.09. The fourth-order valence-corrected chi connectivity index (χ4v) is 1.04. The van der Waals surface area contributed by atoms with Crippen LogP contribution in [0.4, 0.5) is 4.39 Å². The van der Waals surface area contributed by atoms with Crippen LogP contribution >= 0.6 is 0 Å². The minimum absolute atomic E-state index is 0.264. The smallest absolute Gasteiger partial charge is 0.128 e. The van der Waals surface area contributed by atoms with E-state index in [1.807, 2.05) is 0 Å². The number of hydrogen-bond donors (Lipinski definition) is 0. The van der Waals surface area contributed by atoms with E-state index >= 15 is 0 Å². The lowest BCUT2D eigenvalue weighted by Gasteiger charge is -2.15. The van der Waals surface area contributed by atoms with Crippen LogP contribution in [0.15, 0.2) is 18.2 Å². The number of methoxy groups -OCH3 is 1. The third kappa shape index (κ3) is 1.74. The van der Waals surface area contributed by atoms with Crippen molar-refractivity contribution in [1.29, 1.82) is 0 Å². The molecular formula is C9H11FNO-. The molecule has 0 unspecified atom stereocenters. The zero-order valence-corrected chi connectivity index (χ0v) is 7.17. The van der Waals surface area contributed by atoms with E-state index in [0.29, 0.717) is 17.9 Å². The van der Waals surface area contributed by atoms with Gasteiger partial charge in [0.1, 0.15) is 11.6 Å². The molecule has 0 fully saturated rings. The van der Waals surface area contributed by atoms with Gasteiger partial charge in [0.25, 0.3) is 0 Å². The molecule has 0 bridgehead atoms. The fraction of sp³-hybridized carbons (Fsp3) is 0.333. The summed E-state index contributed by atoms with van der Waals surface area (Å²) in [4.78, 5) is 0. The van der Waals surface area contributed by atoms with Crippen molar-refractivity contribution < 1.29 is 9.13 Å². The summed E-state index contributed by atoms with van der Waals surface area (Å²) < 4.78 is 18.1. The topological polar surface area (TPSA) is 23.3 Å². The van der Waals surface area contributed by atoms with Crippen LogP contribution in [0.1, 0.15) is 5.56 Å². The number of hydrogen-bond acceptors (Lipinski definition) is 1. The van der Waals surface area contributed by atoms with Crippen molar-refractivity contribution in [3.05, 3.63) is 34.9 Å². The predicted octanol–water partition coefficient (Wildman–Crippen LogP) is 2.34. The first-order chi connectivity index (χ1) is 5.79. The van der Waals surface area contributed by atoms with Crippen molar-refractivity contribution in [2.75, 3.05) is 14.2 Å². The second kappa shape index (κ2) is 4.07. The lowest BCUT2D eigenvalue weighted by Crippen LogP contribution is -1.94. The van der Waals surface area contributed by atoms with E-state index in [9.17, 15) is 4.39 Å². The van der Waals surface area contributed by atoms with Crippen molar-refractivity contribution in [2.45, 2.75) is 6.54 Å². The Kier molecular flexibility index (Phi) is 3.05. The first-order valence-electron chi connectivity index (χ1n) is 3.66. The van der Waals surface area contributed by atoms with E-state index in [1.165, 1.54) is 13.2 Å². The molecule has 0 aromatic heterocycles. The molecule has 3 heteroatoms. The van der Waals surface area contributed by atoms with Crippen LogP contribution in [0.3, 0.4) is 0 Å². The number of rotatable bonds is 3. The summed E-state index contributed by atoms with van der Waals surface area (Å²) >= 11 is 0. The Morgan fingerprint density at radius 1 is 1.50 bits per heavy atom. The van der Waals surface area contributed by atoms with Gasteiger partial charge in [0.15, 0.2) is 0 Å². The first kappa shape index (κ1) is 9.00. The third-order valence-electron chi connectivity index (χ3n) is 1.61. The first-order valence-corrected chi connectivity index (χ1v) is 3.66. The molecular weight excluding hydrogens is 157 g/mol. The highest BCUT2D eigenvalue weighted by atomic mass is 19.1. The van der Waals surface area contributed by atoms with Gasteiger partial charge < -0.3 is 10.1 Å². The third-order valence-corrected chi connectivity index (χ3v) is 1.61. The molecule has 0 amide bonds. The van der Waals surface area contributed by atoms with Crippen molar-refractivity contribution >= 4 is 0 Å². The predicted molar refractivity (Wildman–Crippen MR) is 45.9 cm³/mol. The molecule has 12 heavy (non-hydrogen) atoms. The second-order valence-corrected chi connectivity index (χ2v) is 2.39. The van der Waals surface area contributed by atoms with Gasteiger partial charge in [-0.05, 0) is 12.1 Å². The number of nitrogens with zero attached hydrogens (tertiary/aromatic N) is 1. The van der Waals surface area contributed by atoms with Crippen LogP contribution in [0.5, 0.6) is 5.75 Å². The van der Waals surface area contributed by atoms with Gasteiger partial charge in [-0.15, -0.1) is 6.54 Å². The molecule has 66 valence electrons. The highest BCUT2D eigenvalue weighted by molar-refractivity contribution is 5.35. The van der Waals surface area contributed by atoms with Gasteiger partial charge in [0.05, 0.1) is 7.11 Å². The molecule has 0 aliphatic carbocycles. The van der Waals surface area contributed by atoms with Crippen molar-refractivity contribution in [3.63, 3.8) is 0 Å². The molecule has 0 spiro atoms. The van der Waals surface area contributed by atoms with Gasteiger partial charge >= 0.3 is 0 Å². The maximum absolute atomic E-state index is 13.1. The minimum atomic E-state index is -0.264. The van der Waals surface area contributed by atoms with Crippen LogP contribution < -0.4 is 4.74 Å². The Bertz CT molecular complexity index is 263. The van der Waals surface area contributed by atoms with Gasteiger partial charge in [0.2, 0.25) is 0 Å². The highest BCUT2D eigenvalue weighted by Crippen LogP contribution is 2.22. The van der Waals surface area contributed by atoms with E-state index in [2.05, 4.69) is 5.32 Å². The number of ether oxygens (including phenoxy) is 1. The van der Waals surface area contributed by atoms with Crippen LogP contribution in [-0.2, 0) is 6.54 Å². The second-order valence-electron chi connectivity index (χ2n) is 2.39. The Balaban J connectivity index is 3.02. The molecule has 0 radical (unpaired) electrons. The largest absolute Gasteiger partial charge is 0.661 e. The van der Waals surface area contributed by atoms with Gasteiger partial charge in [-0.25, -0.2) is 4.39 Å². The van der Waals surface area contributed by atoms with Crippen molar-refractivity contribution in [3.8, 4) is 5.75 Å². The SMILES string of the molecule is C[N-]Cc1c(F)cccc1OC. The van der Waals surface area contributed by atoms with Gasteiger partial charge in [-0.2, -0.15) is 7.05 Å². The van der Waals surface area contributed by atoms with Gasteiger partial charge in [0, 0.05) is 5.56 Å². The molecule has 1 rings (SSSR count). The van der Waals surface area contributed by atoms with Crippen LogP contribution in [-0.4, -0.2) is 14.2 Å². The zero-order chi connectivity index (χ0) is 8.97. The van der Waals surface area contributed by atoms with E-state index in [1.54, 1.807) is 19.2 Å². The molecule has 2 nitrogen and oxygen atoms in total. The standard InChI is InChI=1S/C9H11FNO/c1-11-6-7-8(10)4-3-5-9(7)12-2/h3-5H,6H2,1-2H3/q-1. The summed E-state index contributed by atoms with van der Waals surface area (Å²) in [5, 5.41) is 3.86. The maximum Gasteiger partial charge on any atom is 0.128 e. The lowest BCUT2D eigenvalue weighted by molar-refractivity contribution is 0.405. The molecule has 0 aliphatic heterocycles. The molecule has 0 atom stereocenters. The summed E-state index contributed by atoms with van der Waals surface area (Å²) in [6, 6.07) is 4.75. The van der Waals surface area contributed by atoms with Crippen LogP contribution in [0.2, 0.25) is 0 Å². The Morgan fingerprint density at radius 2 is 2.25 bits per heavy atom. The summed E-state index contributed by atoms with van der Waals surface area (Å²) in [6.07, 6.45) is 0. The van der Waals surface area contributed by atoms with E-state index in [4.69, 9.17) is 4.74 Å². The number of halogens is 1. The summed E-state index contributed by atoms with van der Waals surface area (Å²) in [6.45, 7) is 0.357. The van der Waals surface area contributed by atoms with Crippen LogP contribution in [0, 0.1) is 5.82 Å². The molecule has 0 heterocycles. The molecule has 0 saturated heterocycles. The average Bonchev–Trinajstić information content (AvgIpc) is 2.09. The molecule has 0 saturated carbocycles. The minimum Gasteiger partial charge on any atom is -0.661 e. The lowest BCUT2D eigenvalue weighted by atomic mass is 10.2. The van der Waals surface area contributed by atoms with Gasteiger partial charge in [-0.1, -0.05) is 6.07 Å². The van der Waals surface area contributed by atoms with E-state index < -0.39 is 0 Å². The summed E-state index contributed by atoms with van der Waals surface area (Å²) in [5.41, 5.74) is 0.516. The normalized spacial score (nSPS) is 9.92. The molecule has 1 aromatic carbocycles. The van der Waals surface area contributed by atoms with E-state index in [0.717, 1.165) is 0 Å². The molecule has 1 aromatic rings. The summed E-state index contributed by atoms with van der Waals surface area (Å²) in [7, 11) is 3.17. The van der Waals surface area contributed by atoms with E-state index in [-0.39, 0.29) is 5.82 Å². The molecule has 0 aliphatic rings. The van der Waals surface area contributed by atoms with Crippen LogP contribution in [0.25, 0.3) is 5.32 Å².